The van der Waals surface area contributed by atoms with Crippen LogP contribution in [0.4, 0.5) is 5.82 Å². The number of amides is 2. The standard InChI is InChI=1S/C24H26N4O3/c1-15-6-9-25-22(12-15)27-23(29)17-7-10-28(11-8-17)24(30)20-13-18-4-5-19(31-3)14-21(18)26-16(20)2/h4-6,9,12-14,17H,7-8,10-11H2,1-3H3,(H,25,27,29). The summed E-state index contributed by atoms with van der Waals surface area (Å²) < 4.78 is 5.26. The number of ether oxygens (including phenoxy) is 1. The minimum atomic E-state index is -0.130. The molecular formula is C24H26N4O3. The molecule has 7 nitrogen and oxygen atoms in total. The van der Waals surface area contributed by atoms with Gasteiger partial charge in [0.2, 0.25) is 5.91 Å². The van der Waals surface area contributed by atoms with Crippen molar-refractivity contribution in [2.75, 3.05) is 25.5 Å². The summed E-state index contributed by atoms with van der Waals surface area (Å²) in [6.45, 7) is 4.89. The number of hydrogen-bond acceptors (Lipinski definition) is 5. The lowest BCUT2D eigenvalue weighted by atomic mass is 9.95. The lowest BCUT2D eigenvalue weighted by molar-refractivity contribution is -0.121. The molecule has 0 radical (unpaired) electrons. The fraction of sp³-hybridized carbons (Fsp3) is 0.333. The summed E-state index contributed by atoms with van der Waals surface area (Å²) in [6, 6.07) is 11.3. The quantitative estimate of drug-likeness (QED) is 0.698. The van der Waals surface area contributed by atoms with E-state index in [0.717, 1.165) is 22.2 Å². The van der Waals surface area contributed by atoms with Gasteiger partial charge in [-0.25, -0.2) is 4.98 Å². The van der Waals surface area contributed by atoms with Gasteiger partial charge in [-0.05, 0) is 62.6 Å². The number of carbonyl (C=O) groups excluding carboxylic acids is 2. The van der Waals surface area contributed by atoms with Gasteiger partial charge in [-0.1, -0.05) is 0 Å². The van der Waals surface area contributed by atoms with Gasteiger partial charge in [0, 0.05) is 36.7 Å². The summed E-state index contributed by atoms with van der Waals surface area (Å²) in [4.78, 5) is 36.4. The number of likely N-dealkylation sites (tertiary alicyclic amines) is 1. The Kier molecular flexibility index (Phi) is 5.84. The van der Waals surface area contributed by atoms with Crippen molar-refractivity contribution in [2.45, 2.75) is 26.7 Å². The first-order valence-electron chi connectivity index (χ1n) is 10.4. The van der Waals surface area contributed by atoms with E-state index in [1.54, 1.807) is 13.3 Å². The fourth-order valence-corrected chi connectivity index (χ4v) is 3.93. The van der Waals surface area contributed by atoms with Gasteiger partial charge < -0.3 is 15.0 Å². The summed E-state index contributed by atoms with van der Waals surface area (Å²) in [6.07, 6.45) is 2.93. The summed E-state index contributed by atoms with van der Waals surface area (Å²) in [5.74, 6) is 1.09. The van der Waals surface area contributed by atoms with Crippen molar-refractivity contribution in [1.82, 2.24) is 14.9 Å². The van der Waals surface area contributed by atoms with Crippen LogP contribution in [0, 0.1) is 19.8 Å². The number of rotatable bonds is 4. The number of benzene rings is 1. The zero-order valence-corrected chi connectivity index (χ0v) is 18.0. The Labute approximate surface area is 181 Å². The molecule has 0 unspecified atom stereocenters. The maximum atomic E-state index is 13.1. The monoisotopic (exact) mass is 418 g/mol. The number of carbonyl (C=O) groups is 2. The third-order valence-electron chi connectivity index (χ3n) is 5.77. The number of hydrogen-bond donors (Lipinski definition) is 1. The molecule has 1 fully saturated rings. The minimum Gasteiger partial charge on any atom is -0.497 e. The lowest BCUT2D eigenvalue weighted by Crippen LogP contribution is -2.41. The molecule has 3 aromatic rings. The van der Waals surface area contributed by atoms with Gasteiger partial charge in [0.1, 0.15) is 11.6 Å². The first-order valence-corrected chi connectivity index (χ1v) is 10.4. The van der Waals surface area contributed by atoms with Gasteiger partial charge in [0.15, 0.2) is 0 Å². The van der Waals surface area contributed by atoms with E-state index in [1.807, 2.05) is 55.1 Å². The van der Waals surface area contributed by atoms with Crippen molar-refractivity contribution in [2.24, 2.45) is 5.92 Å². The van der Waals surface area contributed by atoms with E-state index in [2.05, 4.69) is 15.3 Å². The molecule has 7 heteroatoms. The third kappa shape index (κ3) is 4.50. The number of piperidine rings is 1. The normalized spacial score (nSPS) is 14.5. The summed E-state index contributed by atoms with van der Waals surface area (Å²) in [7, 11) is 1.62. The molecule has 0 saturated carbocycles. The number of fused-ring (bicyclic) bond motifs is 1. The van der Waals surface area contributed by atoms with Gasteiger partial charge in [-0.2, -0.15) is 0 Å². The molecule has 0 aliphatic carbocycles. The van der Waals surface area contributed by atoms with Crippen LogP contribution < -0.4 is 10.1 Å². The Hall–Kier alpha value is -3.48. The molecule has 0 atom stereocenters. The van der Waals surface area contributed by atoms with Gasteiger partial charge >= 0.3 is 0 Å². The molecule has 1 saturated heterocycles. The van der Waals surface area contributed by atoms with Gasteiger partial charge in [-0.15, -0.1) is 0 Å². The first kappa shape index (κ1) is 20.8. The topological polar surface area (TPSA) is 84.4 Å². The number of aryl methyl sites for hydroxylation is 2. The van der Waals surface area contributed by atoms with Crippen LogP contribution in [0.1, 0.15) is 34.5 Å². The minimum absolute atomic E-state index is 0.0392. The average Bonchev–Trinajstić information content (AvgIpc) is 2.78. The molecule has 1 aromatic carbocycles. The second-order valence-electron chi connectivity index (χ2n) is 7.95. The fourth-order valence-electron chi connectivity index (χ4n) is 3.93. The molecule has 160 valence electrons. The van der Waals surface area contributed by atoms with Gasteiger partial charge in [0.25, 0.3) is 5.91 Å². The first-order chi connectivity index (χ1) is 14.9. The van der Waals surface area contributed by atoms with Gasteiger partial charge in [-0.3, -0.25) is 14.6 Å². The van der Waals surface area contributed by atoms with Crippen molar-refractivity contribution in [3.63, 3.8) is 0 Å². The van der Waals surface area contributed by atoms with E-state index in [4.69, 9.17) is 4.74 Å². The van der Waals surface area contributed by atoms with E-state index >= 15 is 0 Å². The van der Waals surface area contributed by atoms with E-state index < -0.39 is 0 Å². The van der Waals surface area contributed by atoms with Crippen molar-refractivity contribution >= 4 is 28.5 Å². The molecular weight excluding hydrogens is 392 g/mol. The van der Waals surface area contributed by atoms with Crippen LogP contribution in [0.3, 0.4) is 0 Å². The Morgan fingerprint density at radius 1 is 1.10 bits per heavy atom. The number of nitrogens with one attached hydrogen (secondary N) is 1. The Bertz CT molecular complexity index is 1140. The van der Waals surface area contributed by atoms with Crippen LogP contribution in [-0.4, -0.2) is 46.9 Å². The molecule has 0 bridgehead atoms. The molecule has 4 rings (SSSR count). The van der Waals surface area contributed by atoms with Crippen molar-refractivity contribution in [1.29, 1.82) is 0 Å². The Morgan fingerprint density at radius 2 is 1.87 bits per heavy atom. The zero-order chi connectivity index (χ0) is 22.0. The molecule has 2 aromatic heterocycles. The average molecular weight is 418 g/mol. The van der Waals surface area contributed by atoms with Crippen molar-refractivity contribution in [3.8, 4) is 5.75 Å². The highest BCUT2D eigenvalue weighted by Crippen LogP contribution is 2.25. The SMILES string of the molecule is COc1ccc2cc(C(=O)N3CCC(C(=O)Nc4cc(C)ccn4)CC3)c(C)nc2c1. The summed E-state index contributed by atoms with van der Waals surface area (Å²) in [5.41, 5.74) is 3.14. The molecule has 1 aliphatic heterocycles. The van der Waals surface area contributed by atoms with E-state index in [-0.39, 0.29) is 17.7 Å². The number of pyridine rings is 2. The predicted molar refractivity (Wildman–Crippen MR) is 119 cm³/mol. The largest absolute Gasteiger partial charge is 0.497 e. The number of methoxy groups -OCH3 is 1. The van der Waals surface area contributed by atoms with Crippen LogP contribution in [0.5, 0.6) is 5.75 Å². The highest BCUT2D eigenvalue weighted by atomic mass is 16.5. The van der Waals surface area contributed by atoms with Crippen molar-refractivity contribution in [3.05, 3.63) is 59.4 Å². The zero-order valence-electron chi connectivity index (χ0n) is 18.0. The van der Waals surface area contributed by atoms with E-state index in [0.29, 0.717) is 43.0 Å². The van der Waals surface area contributed by atoms with Crippen LogP contribution in [0.2, 0.25) is 0 Å². The van der Waals surface area contributed by atoms with Crippen LogP contribution in [-0.2, 0) is 4.79 Å². The Morgan fingerprint density at radius 3 is 2.58 bits per heavy atom. The smallest absolute Gasteiger partial charge is 0.255 e. The summed E-state index contributed by atoms with van der Waals surface area (Å²) >= 11 is 0. The van der Waals surface area contributed by atoms with Gasteiger partial charge in [0.05, 0.1) is 23.9 Å². The lowest BCUT2D eigenvalue weighted by Gasteiger charge is -2.31. The third-order valence-corrected chi connectivity index (χ3v) is 5.77. The number of nitrogens with zero attached hydrogens (tertiary/aromatic N) is 3. The highest BCUT2D eigenvalue weighted by Gasteiger charge is 2.29. The number of anilines is 1. The maximum Gasteiger partial charge on any atom is 0.255 e. The second kappa shape index (κ2) is 8.71. The molecule has 1 aliphatic rings. The molecule has 0 spiro atoms. The van der Waals surface area contributed by atoms with E-state index in [1.165, 1.54) is 0 Å². The summed E-state index contributed by atoms with van der Waals surface area (Å²) in [5, 5.41) is 3.79. The second-order valence-corrected chi connectivity index (χ2v) is 7.95. The molecule has 31 heavy (non-hydrogen) atoms. The number of aromatic nitrogens is 2. The van der Waals surface area contributed by atoms with Crippen LogP contribution in [0.25, 0.3) is 10.9 Å². The maximum absolute atomic E-state index is 13.1. The van der Waals surface area contributed by atoms with Crippen LogP contribution >= 0.6 is 0 Å². The van der Waals surface area contributed by atoms with Crippen LogP contribution in [0.15, 0.2) is 42.6 Å². The molecule has 1 N–H and O–H groups in total. The highest BCUT2D eigenvalue weighted by molar-refractivity contribution is 5.99. The Balaban J connectivity index is 1.42. The van der Waals surface area contributed by atoms with Crippen molar-refractivity contribution < 1.29 is 14.3 Å². The molecule has 3 heterocycles. The van der Waals surface area contributed by atoms with E-state index in [9.17, 15) is 9.59 Å². The predicted octanol–water partition coefficient (Wildman–Crippen LogP) is 3.75. The molecule has 2 amide bonds.